The second kappa shape index (κ2) is 9.94. The summed E-state index contributed by atoms with van der Waals surface area (Å²) in [5.74, 6) is 0.609. The van der Waals surface area contributed by atoms with Crippen LogP contribution in [0.5, 0.6) is 5.75 Å². The number of rotatable bonds is 8. The Hall–Kier alpha value is -2.90. The van der Waals surface area contributed by atoms with Gasteiger partial charge in [0.05, 0.1) is 18.8 Å². The lowest BCUT2D eigenvalue weighted by Gasteiger charge is -2.15. The predicted molar refractivity (Wildman–Crippen MR) is 118 cm³/mol. The van der Waals surface area contributed by atoms with Gasteiger partial charge in [-0.25, -0.2) is 4.39 Å². The highest BCUT2D eigenvalue weighted by Gasteiger charge is 2.27. The van der Waals surface area contributed by atoms with Crippen LogP contribution in [0.25, 0.3) is 0 Å². The molecule has 2 N–H and O–H groups in total. The molecule has 2 heterocycles. The lowest BCUT2D eigenvalue weighted by atomic mass is 10.0. The first-order valence-corrected chi connectivity index (χ1v) is 10.6. The molecule has 31 heavy (non-hydrogen) atoms. The summed E-state index contributed by atoms with van der Waals surface area (Å²) in [5, 5.41) is 11.0. The first-order chi connectivity index (χ1) is 15.0. The number of aromatic amines is 1. The summed E-state index contributed by atoms with van der Waals surface area (Å²) in [5.41, 5.74) is 2.63. The van der Waals surface area contributed by atoms with Crippen LogP contribution in [0.2, 0.25) is 5.02 Å². The molecule has 4 rings (SSSR count). The molecule has 162 valence electrons. The second-order valence-corrected chi connectivity index (χ2v) is 8.09. The molecule has 1 atom stereocenters. The Kier molecular flexibility index (Phi) is 6.84. The first kappa shape index (κ1) is 21.3. The van der Waals surface area contributed by atoms with E-state index in [1.54, 1.807) is 18.2 Å². The van der Waals surface area contributed by atoms with Crippen LogP contribution in [0.4, 0.5) is 10.1 Å². The normalized spacial score (nSPS) is 16.4. The Bertz CT molecular complexity index is 1020. The molecule has 0 unspecified atom stereocenters. The summed E-state index contributed by atoms with van der Waals surface area (Å²) < 4.78 is 18.7. The fourth-order valence-corrected chi connectivity index (χ4v) is 3.89. The van der Waals surface area contributed by atoms with E-state index in [0.717, 1.165) is 43.1 Å². The number of anilines is 1. The summed E-state index contributed by atoms with van der Waals surface area (Å²) >= 11 is 5.97. The third-order valence-electron chi connectivity index (χ3n) is 5.27. The second-order valence-electron chi connectivity index (χ2n) is 7.65. The molecule has 1 amide bonds. The minimum absolute atomic E-state index is 0.104. The highest BCUT2D eigenvalue weighted by atomic mass is 35.5. The van der Waals surface area contributed by atoms with Crippen molar-refractivity contribution < 1.29 is 13.9 Å². The van der Waals surface area contributed by atoms with Gasteiger partial charge in [0.1, 0.15) is 11.6 Å². The average Bonchev–Trinajstić information content (AvgIpc) is 3.39. The fourth-order valence-electron chi connectivity index (χ4n) is 3.71. The molecule has 6 nitrogen and oxygen atoms in total. The molecule has 2 aromatic carbocycles. The van der Waals surface area contributed by atoms with Gasteiger partial charge in [-0.2, -0.15) is 5.10 Å². The van der Waals surface area contributed by atoms with Crippen molar-refractivity contribution in [2.45, 2.75) is 18.8 Å². The van der Waals surface area contributed by atoms with Crippen molar-refractivity contribution in [2.24, 2.45) is 0 Å². The molecule has 0 spiro atoms. The van der Waals surface area contributed by atoms with Gasteiger partial charge >= 0.3 is 0 Å². The van der Waals surface area contributed by atoms with E-state index in [1.807, 2.05) is 18.2 Å². The number of halogens is 2. The number of H-pyrrole nitrogens is 1. The third-order valence-corrected chi connectivity index (χ3v) is 5.51. The maximum Gasteiger partial charge on any atom is 0.238 e. The number of nitrogens with one attached hydrogen (secondary N) is 2. The third kappa shape index (κ3) is 6.06. The minimum Gasteiger partial charge on any atom is -0.493 e. The van der Waals surface area contributed by atoms with Crippen LogP contribution in [0.15, 0.2) is 54.6 Å². The van der Waals surface area contributed by atoms with Crippen LogP contribution >= 0.6 is 11.6 Å². The van der Waals surface area contributed by atoms with Gasteiger partial charge in [-0.1, -0.05) is 17.7 Å². The number of aromatic nitrogens is 2. The number of hydrogen-bond acceptors (Lipinski definition) is 4. The smallest absolute Gasteiger partial charge is 0.238 e. The van der Waals surface area contributed by atoms with E-state index in [-0.39, 0.29) is 17.6 Å². The van der Waals surface area contributed by atoms with E-state index in [2.05, 4.69) is 26.5 Å². The molecule has 0 radical (unpaired) electrons. The van der Waals surface area contributed by atoms with E-state index in [4.69, 9.17) is 16.3 Å². The molecule has 1 aliphatic rings. The minimum atomic E-state index is -0.324. The van der Waals surface area contributed by atoms with E-state index in [0.29, 0.717) is 23.9 Å². The van der Waals surface area contributed by atoms with Gasteiger partial charge in [0.25, 0.3) is 0 Å². The summed E-state index contributed by atoms with van der Waals surface area (Å²) in [6.07, 6.45) is 1.67. The number of ether oxygens (including phenoxy) is 1. The summed E-state index contributed by atoms with van der Waals surface area (Å²) in [6, 6.07) is 15.2. The van der Waals surface area contributed by atoms with Crippen molar-refractivity contribution in [3.63, 3.8) is 0 Å². The number of carbonyl (C=O) groups is 1. The molecule has 1 fully saturated rings. The van der Waals surface area contributed by atoms with Gasteiger partial charge in [-0.3, -0.25) is 14.8 Å². The monoisotopic (exact) mass is 442 g/mol. The largest absolute Gasteiger partial charge is 0.493 e. The molecule has 1 saturated heterocycles. The molecule has 1 aliphatic heterocycles. The quantitative estimate of drug-likeness (QED) is 0.547. The van der Waals surface area contributed by atoms with Crippen molar-refractivity contribution >= 4 is 23.2 Å². The van der Waals surface area contributed by atoms with Crippen molar-refractivity contribution in [2.75, 3.05) is 31.6 Å². The van der Waals surface area contributed by atoms with Crippen LogP contribution in [0.3, 0.4) is 0 Å². The zero-order valence-corrected chi connectivity index (χ0v) is 17.7. The van der Waals surface area contributed by atoms with Crippen LogP contribution in [-0.4, -0.2) is 47.2 Å². The van der Waals surface area contributed by atoms with Crippen molar-refractivity contribution in [1.82, 2.24) is 15.1 Å². The van der Waals surface area contributed by atoms with Crippen LogP contribution < -0.4 is 10.1 Å². The zero-order chi connectivity index (χ0) is 21.6. The number of carbonyl (C=O) groups excluding carboxylic acids is 1. The van der Waals surface area contributed by atoms with Crippen molar-refractivity contribution in [1.29, 1.82) is 0 Å². The fraction of sp³-hybridized carbons (Fsp3) is 0.304. The molecule has 3 aromatic rings. The maximum absolute atomic E-state index is 13.0. The molecule has 0 saturated carbocycles. The van der Waals surface area contributed by atoms with Gasteiger partial charge in [-0.05, 0) is 61.5 Å². The number of amides is 1. The number of benzene rings is 2. The maximum atomic E-state index is 13.0. The summed E-state index contributed by atoms with van der Waals surface area (Å²) in [7, 11) is 0. The highest BCUT2D eigenvalue weighted by molar-refractivity contribution is 6.30. The number of nitrogens with zero attached hydrogens (tertiary/aromatic N) is 2. The van der Waals surface area contributed by atoms with Gasteiger partial charge in [0.15, 0.2) is 0 Å². The Morgan fingerprint density at radius 2 is 2.10 bits per heavy atom. The van der Waals surface area contributed by atoms with Crippen molar-refractivity contribution in [3.05, 3.63) is 76.8 Å². The first-order valence-electron chi connectivity index (χ1n) is 10.3. The summed E-state index contributed by atoms with van der Waals surface area (Å²) in [6.45, 7) is 2.45. The number of likely N-dealkylation sites (tertiary alicyclic amines) is 1. The van der Waals surface area contributed by atoms with E-state index < -0.39 is 0 Å². The van der Waals surface area contributed by atoms with Gasteiger partial charge in [0, 0.05) is 35.3 Å². The lowest BCUT2D eigenvalue weighted by molar-refractivity contribution is -0.117. The molecular formula is C23H24ClFN4O2. The predicted octanol–water partition coefficient (Wildman–Crippen LogP) is 4.25. The molecule has 0 aliphatic carbocycles. The SMILES string of the molecule is O=C(CN1CC[C@H](c2cc(CCOc3cccc(Cl)c3)[nH]n2)C1)Nc1ccc(F)cc1. The summed E-state index contributed by atoms with van der Waals surface area (Å²) in [4.78, 5) is 14.4. The van der Waals surface area contributed by atoms with E-state index >= 15 is 0 Å². The lowest BCUT2D eigenvalue weighted by Crippen LogP contribution is -2.31. The average molecular weight is 443 g/mol. The Balaban J connectivity index is 1.22. The zero-order valence-electron chi connectivity index (χ0n) is 17.0. The Morgan fingerprint density at radius 1 is 1.26 bits per heavy atom. The van der Waals surface area contributed by atoms with Crippen LogP contribution in [0.1, 0.15) is 23.7 Å². The molecule has 8 heteroatoms. The highest BCUT2D eigenvalue weighted by Crippen LogP contribution is 2.26. The molecular weight excluding hydrogens is 419 g/mol. The number of hydrogen-bond donors (Lipinski definition) is 2. The molecule has 0 bridgehead atoms. The van der Waals surface area contributed by atoms with Crippen LogP contribution in [-0.2, 0) is 11.2 Å². The van der Waals surface area contributed by atoms with Crippen molar-refractivity contribution in [3.8, 4) is 5.75 Å². The molecule has 1 aromatic heterocycles. The standard InChI is InChI=1S/C23H24ClFN4O2/c24-17-2-1-3-21(12-17)31-11-9-20-13-22(28-27-20)16-8-10-29(14-16)15-23(30)26-19-6-4-18(25)5-7-19/h1-7,12-13,16H,8-11,14-15H2,(H,26,30)(H,27,28)/t16-/m0/s1. The topological polar surface area (TPSA) is 70.2 Å². The van der Waals surface area contributed by atoms with Crippen LogP contribution in [0, 0.1) is 5.82 Å². The Morgan fingerprint density at radius 3 is 2.90 bits per heavy atom. The van der Waals surface area contributed by atoms with Gasteiger partial charge in [-0.15, -0.1) is 0 Å². The Labute approximate surface area is 185 Å². The van der Waals surface area contributed by atoms with E-state index in [1.165, 1.54) is 12.1 Å². The van der Waals surface area contributed by atoms with Gasteiger partial charge in [0.2, 0.25) is 5.91 Å². The van der Waals surface area contributed by atoms with Gasteiger partial charge < -0.3 is 10.1 Å². The van der Waals surface area contributed by atoms with E-state index in [9.17, 15) is 9.18 Å².